The molecule has 0 fully saturated rings. The van der Waals surface area contributed by atoms with E-state index in [9.17, 15) is 23.7 Å². The van der Waals surface area contributed by atoms with Gasteiger partial charge in [-0.2, -0.15) is 4.39 Å². The maximum atomic E-state index is 13.8. The number of nitro groups is 1. The normalized spacial score (nSPS) is 10.2. The summed E-state index contributed by atoms with van der Waals surface area (Å²) in [6, 6.07) is 9.53. The molecule has 0 amide bonds. The zero-order valence-corrected chi connectivity index (χ0v) is 10.6. The summed E-state index contributed by atoms with van der Waals surface area (Å²) in [6.07, 6.45) is 0. The summed E-state index contributed by atoms with van der Waals surface area (Å²) in [6.45, 7) is -0.149. The molecule has 0 aliphatic carbocycles. The molecule has 0 aromatic heterocycles. The van der Waals surface area contributed by atoms with Gasteiger partial charge in [-0.15, -0.1) is 0 Å². The van der Waals surface area contributed by atoms with Gasteiger partial charge in [0.05, 0.1) is 11.0 Å². The molecule has 0 saturated carbocycles. The number of nitro benzene ring substituents is 1. The van der Waals surface area contributed by atoms with E-state index in [2.05, 4.69) is 0 Å². The highest BCUT2D eigenvalue weighted by atomic mass is 19.1. The Balaban J connectivity index is 2.21. The largest absolute Gasteiger partial charge is 0.457 e. The van der Waals surface area contributed by atoms with Crippen molar-refractivity contribution in [3.63, 3.8) is 0 Å². The van der Waals surface area contributed by atoms with Gasteiger partial charge in [0, 0.05) is 0 Å². The van der Waals surface area contributed by atoms with Crippen LogP contribution >= 0.6 is 0 Å². The van der Waals surface area contributed by atoms with Crippen molar-refractivity contribution < 1.29 is 23.2 Å². The zero-order chi connectivity index (χ0) is 15.4. The fourth-order valence-electron chi connectivity index (χ4n) is 1.66. The van der Waals surface area contributed by atoms with Gasteiger partial charge in [0.15, 0.2) is 0 Å². The van der Waals surface area contributed by atoms with Crippen molar-refractivity contribution in [1.82, 2.24) is 0 Å². The monoisotopic (exact) mass is 293 g/mol. The lowest BCUT2D eigenvalue weighted by atomic mass is 10.1. The summed E-state index contributed by atoms with van der Waals surface area (Å²) < 4.78 is 31.8. The Kier molecular flexibility index (Phi) is 4.22. The lowest BCUT2D eigenvalue weighted by molar-refractivity contribution is -0.387. The Morgan fingerprint density at radius 2 is 1.86 bits per heavy atom. The number of carbonyl (C=O) groups excluding carboxylic acids is 1. The van der Waals surface area contributed by atoms with Crippen molar-refractivity contribution >= 4 is 11.7 Å². The van der Waals surface area contributed by atoms with E-state index in [1.807, 2.05) is 0 Å². The molecule has 0 atom stereocenters. The minimum atomic E-state index is -1.42. The molecule has 7 heteroatoms. The number of nitrogens with zero attached hydrogens (tertiary/aromatic N) is 1. The van der Waals surface area contributed by atoms with Gasteiger partial charge in [-0.25, -0.2) is 9.18 Å². The Morgan fingerprint density at radius 1 is 1.19 bits per heavy atom. The smallest absolute Gasteiger partial charge is 0.341 e. The second-order valence-corrected chi connectivity index (χ2v) is 4.11. The van der Waals surface area contributed by atoms with Crippen LogP contribution in [0.25, 0.3) is 0 Å². The predicted molar refractivity (Wildman–Crippen MR) is 68.6 cm³/mol. The van der Waals surface area contributed by atoms with E-state index in [-0.39, 0.29) is 6.61 Å². The van der Waals surface area contributed by atoms with Gasteiger partial charge >= 0.3 is 11.7 Å². The van der Waals surface area contributed by atoms with Gasteiger partial charge in [0.25, 0.3) is 0 Å². The molecule has 0 N–H and O–H groups in total. The molecule has 0 aliphatic heterocycles. The molecule has 0 bridgehead atoms. The topological polar surface area (TPSA) is 69.4 Å². The van der Waals surface area contributed by atoms with Crippen LogP contribution in [-0.4, -0.2) is 10.9 Å². The summed E-state index contributed by atoms with van der Waals surface area (Å²) in [7, 11) is 0. The van der Waals surface area contributed by atoms with Crippen molar-refractivity contribution in [3.05, 3.63) is 75.3 Å². The van der Waals surface area contributed by atoms with E-state index in [0.717, 1.165) is 0 Å². The maximum absolute atomic E-state index is 13.8. The molecule has 2 rings (SSSR count). The third kappa shape index (κ3) is 3.38. The molecule has 0 heterocycles. The minimum absolute atomic E-state index is 0.149. The first-order valence-electron chi connectivity index (χ1n) is 5.83. The van der Waals surface area contributed by atoms with Gasteiger partial charge in [-0.05, 0) is 11.6 Å². The summed E-state index contributed by atoms with van der Waals surface area (Å²) in [4.78, 5) is 21.2. The number of halogens is 2. The Morgan fingerprint density at radius 3 is 2.48 bits per heavy atom. The molecular weight excluding hydrogens is 284 g/mol. The summed E-state index contributed by atoms with van der Waals surface area (Å²) in [5.74, 6) is -3.67. The molecule has 21 heavy (non-hydrogen) atoms. The molecule has 2 aromatic carbocycles. The van der Waals surface area contributed by atoms with Crippen molar-refractivity contribution in [2.45, 2.75) is 6.61 Å². The van der Waals surface area contributed by atoms with Crippen LogP contribution in [0.5, 0.6) is 0 Å². The van der Waals surface area contributed by atoms with Gasteiger partial charge < -0.3 is 4.74 Å². The van der Waals surface area contributed by atoms with Crippen LogP contribution < -0.4 is 0 Å². The summed E-state index contributed by atoms with van der Waals surface area (Å²) in [5.41, 5.74) is -1.27. The van der Waals surface area contributed by atoms with Crippen LogP contribution in [-0.2, 0) is 11.3 Å². The molecular formula is C14H9F2NO4. The summed E-state index contributed by atoms with van der Waals surface area (Å²) in [5, 5.41) is 10.6. The first-order chi connectivity index (χ1) is 9.99. The van der Waals surface area contributed by atoms with Gasteiger partial charge in [0.2, 0.25) is 5.82 Å². The first-order valence-corrected chi connectivity index (χ1v) is 5.83. The lowest BCUT2D eigenvalue weighted by Crippen LogP contribution is -2.10. The van der Waals surface area contributed by atoms with E-state index in [4.69, 9.17) is 4.74 Å². The number of ether oxygens (including phenoxy) is 1. The fourth-order valence-corrected chi connectivity index (χ4v) is 1.66. The number of hydrogen-bond donors (Lipinski definition) is 0. The quantitative estimate of drug-likeness (QED) is 0.493. The number of carbonyl (C=O) groups is 1. The van der Waals surface area contributed by atoms with Gasteiger partial charge in [-0.1, -0.05) is 30.3 Å². The number of esters is 1. The van der Waals surface area contributed by atoms with Crippen LogP contribution in [0.1, 0.15) is 15.9 Å². The van der Waals surface area contributed by atoms with Crippen LogP contribution in [0.2, 0.25) is 0 Å². The van der Waals surface area contributed by atoms with E-state index < -0.39 is 33.8 Å². The van der Waals surface area contributed by atoms with Gasteiger partial charge in [0.1, 0.15) is 18.0 Å². The molecule has 0 saturated heterocycles. The van der Waals surface area contributed by atoms with Crippen LogP contribution in [0, 0.1) is 21.7 Å². The zero-order valence-electron chi connectivity index (χ0n) is 10.6. The fraction of sp³-hybridized carbons (Fsp3) is 0.0714. The second-order valence-electron chi connectivity index (χ2n) is 4.11. The third-order valence-electron chi connectivity index (χ3n) is 2.65. The number of rotatable bonds is 4. The highest BCUT2D eigenvalue weighted by Crippen LogP contribution is 2.23. The summed E-state index contributed by atoms with van der Waals surface area (Å²) >= 11 is 0. The first kappa shape index (κ1) is 14.6. The second kappa shape index (κ2) is 6.08. The maximum Gasteiger partial charge on any atom is 0.341 e. The van der Waals surface area contributed by atoms with Crippen LogP contribution in [0.3, 0.4) is 0 Å². The Labute approximate surface area is 117 Å². The predicted octanol–water partition coefficient (Wildman–Crippen LogP) is 3.23. The number of hydrogen-bond acceptors (Lipinski definition) is 4. The molecule has 0 spiro atoms. The van der Waals surface area contributed by atoms with Crippen LogP contribution in [0.4, 0.5) is 14.5 Å². The van der Waals surface area contributed by atoms with E-state index in [0.29, 0.717) is 17.7 Å². The highest BCUT2D eigenvalue weighted by Gasteiger charge is 2.25. The van der Waals surface area contributed by atoms with E-state index >= 15 is 0 Å². The van der Waals surface area contributed by atoms with Crippen molar-refractivity contribution in [1.29, 1.82) is 0 Å². The molecule has 0 aliphatic rings. The van der Waals surface area contributed by atoms with E-state index in [1.165, 1.54) is 0 Å². The molecule has 0 unspecified atom stereocenters. The molecule has 5 nitrogen and oxygen atoms in total. The van der Waals surface area contributed by atoms with E-state index in [1.54, 1.807) is 30.3 Å². The van der Waals surface area contributed by atoms with Crippen molar-refractivity contribution in [2.75, 3.05) is 0 Å². The average molecular weight is 293 g/mol. The minimum Gasteiger partial charge on any atom is -0.457 e. The SMILES string of the molecule is O=C(OCc1ccccc1)c1cc(F)cc([N+](=O)[O-])c1F. The third-order valence-corrected chi connectivity index (χ3v) is 2.65. The molecule has 0 radical (unpaired) electrons. The van der Waals surface area contributed by atoms with Crippen LogP contribution in [0.15, 0.2) is 42.5 Å². The lowest BCUT2D eigenvalue weighted by Gasteiger charge is -2.06. The van der Waals surface area contributed by atoms with Crippen molar-refractivity contribution in [3.8, 4) is 0 Å². The average Bonchev–Trinajstić information content (AvgIpc) is 2.47. The number of benzene rings is 2. The Bertz CT molecular complexity index is 689. The standard InChI is InChI=1S/C14H9F2NO4/c15-10-6-11(13(16)12(7-10)17(19)20)14(18)21-8-9-4-2-1-3-5-9/h1-7H,8H2. The molecule has 2 aromatic rings. The van der Waals surface area contributed by atoms with Gasteiger partial charge in [-0.3, -0.25) is 10.1 Å². The molecule has 108 valence electrons. The Hall–Kier alpha value is -2.83. The highest BCUT2D eigenvalue weighted by molar-refractivity contribution is 5.90. The van der Waals surface area contributed by atoms with Crippen molar-refractivity contribution in [2.24, 2.45) is 0 Å².